The van der Waals surface area contributed by atoms with Gasteiger partial charge in [-0.2, -0.15) is 0 Å². The van der Waals surface area contributed by atoms with Gasteiger partial charge >= 0.3 is 0 Å². The van der Waals surface area contributed by atoms with Crippen molar-refractivity contribution < 1.29 is 18.4 Å². The highest BCUT2D eigenvalue weighted by Crippen LogP contribution is 2.06. The molecule has 18 heavy (non-hydrogen) atoms. The average Bonchev–Trinajstić information content (AvgIpc) is 2.29. The van der Waals surface area contributed by atoms with E-state index in [1.54, 1.807) is 0 Å². The zero-order valence-corrected chi connectivity index (χ0v) is 11.5. The van der Waals surface area contributed by atoms with Gasteiger partial charge in [-0.1, -0.05) is 18.5 Å². The summed E-state index contributed by atoms with van der Waals surface area (Å²) in [6.45, 7) is 2.14. The van der Waals surface area contributed by atoms with E-state index >= 15 is 0 Å². The number of rotatable bonds is 8. The summed E-state index contributed by atoms with van der Waals surface area (Å²) in [5.41, 5.74) is 5.42. The lowest BCUT2D eigenvalue weighted by Gasteiger charge is -2.14. The number of nitrogens with zero attached hydrogens (tertiary/aromatic N) is 1. The fraction of sp³-hybridized carbons (Fsp3) is 0.800. The Bertz CT molecular complexity index is 392. The molecule has 0 rings (SSSR count). The largest absolute Gasteiger partial charge is 0.409 e. The Kier molecular flexibility index (Phi) is 7.33. The highest BCUT2D eigenvalue weighted by molar-refractivity contribution is 7.90. The van der Waals surface area contributed by atoms with Crippen LogP contribution in [0.2, 0.25) is 0 Å². The maximum absolute atomic E-state index is 11.7. The maximum atomic E-state index is 11.7. The topological polar surface area (TPSA) is 122 Å². The number of hydrogen-bond donors (Lipinski definition) is 3. The van der Waals surface area contributed by atoms with Crippen LogP contribution in [0.25, 0.3) is 0 Å². The Morgan fingerprint density at radius 3 is 2.56 bits per heavy atom. The Morgan fingerprint density at radius 1 is 1.50 bits per heavy atom. The van der Waals surface area contributed by atoms with Gasteiger partial charge in [-0.05, 0) is 12.8 Å². The van der Waals surface area contributed by atoms with Gasteiger partial charge in [0.2, 0.25) is 5.91 Å². The molecule has 1 amide bonds. The van der Waals surface area contributed by atoms with E-state index in [2.05, 4.69) is 10.5 Å². The van der Waals surface area contributed by atoms with Gasteiger partial charge in [0, 0.05) is 12.8 Å². The van der Waals surface area contributed by atoms with Crippen molar-refractivity contribution >= 4 is 21.6 Å². The highest BCUT2D eigenvalue weighted by Gasteiger charge is 2.21. The summed E-state index contributed by atoms with van der Waals surface area (Å²) in [6.07, 6.45) is 2.69. The average molecular weight is 279 g/mol. The number of nitrogens with two attached hydrogens (primary N) is 1. The molecule has 1 atom stereocenters. The van der Waals surface area contributed by atoms with Crippen LogP contribution in [0.15, 0.2) is 5.16 Å². The number of oxime groups is 1. The summed E-state index contributed by atoms with van der Waals surface area (Å²) in [5, 5.41) is 14.0. The Hall–Kier alpha value is -1.31. The van der Waals surface area contributed by atoms with Crippen LogP contribution < -0.4 is 11.1 Å². The molecule has 0 bridgehead atoms. The summed E-state index contributed by atoms with van der Waals surface area (Å²) in [7, 11) is -3.01. The molecule has 0 saturated heterocycles. The van der Waals surface area contributed by atoms with Gasteiger partial charge in [0.1, 0.15) is 9.84 Å². The van der Waals surface area contributed by atoms with Gasteiger partial charge in [0.25, 0.3) is 0 Å². The first-order valence-electron chi connectivity index (χ1n) is 5.74. The zero-order chi connectivity index (χ0) is 14.2. The maximum Gasteiger partial charge on any atom is 0.230 e. The Morgan fingerprint density at radius 2 is 2.11 bits per heavy atom. The third-order valence-corrected chi connectivity index (χ3v) is 3.39. The van der Waals surface area contributed by atoms with Crippen LogP contribution in [-0.2, 0) is 14.6 Å². The van der Waals surface area contributed by atoms with Crippen LogP contribution in [0.4, 0.5) is 0 Å². The molecular weight excluding hydrogens is 258 g/mol. The predicted octanol–water partition coefficient (Wildman–Crippen LogP) is -0.300. The molecule has 0 aliphatic carbocycles. The van der Waals surface area contributed by atoms with Crippen molar-refractivity contribution in [1.29, 1.82) is 0 Å². The zero-order valence-electron chi connectivity index (χ0n) is 10.7. The number of amides is 1. The Balaban J connectivity index is 4.20. The lowest BCUT2D eigenvalue weighted by Crippen LogP contribution is -2.39. The van der Waals surface area contributed by atoms with Crippen molar-refractivity contribution in [2.45, 2.75) is 26.2 Å². The minimum absolute atomic E-state index is 0.0231. The number of amidine groups is 1. The van der Waals surface area contributed by atoms with Crippen molar-refractivity contribution in [3.05, 3.63) is 0 Å². The molecule has 8 heteroatoms. The second-order valence-corrected chi connectivity index (χ2v) is 6.40. The smallest absolute Gasteiger partial charge is 0.230 e. The van der Waals surface area contributed by atoms with Gasteiger partial charge in [-0.25, -0.2) is 8.42 Å². The van der Waals surface area contributed by atoms with Crippen LogP contribution >= 0.6 is 0 Å². The van der Waals surface area contributed by atoms with E-state index in [0.29, 0.717) is 12.8 Å². The summed E-state index contributed by atoms with van der Waals surface area (Å²) in [4.78, 5) is 11.7. The van der Waals surface area contributed by atoms with E-state index in [-0.39, 0.29) is 24.0 Å². The molecule has 1 unspecified atom stereocenters. The van der Waals surface area contributed by atoms with Gasteiger partial charge in [-0.3, -0.25) is 4.79 Å². The van der Waals surface area contributed by atoms with Crippen molar-refractivity contribution in [3.8, 4) is 0 Å². The number of sulfone groups is 1. The molecule has 0 aliphatic heterocycles. The third kappa shape index (κ3) is 7.10. The van der Waals surface area contributed by atoms with Gasteiger partial charge in [0.05, 0.1) is 11.7 Å². The van der Waals surface area contributed by atoms with Crippen molar-refractivity contribution in [1.82, 2.24) is 5.32 Å². The molecule has 0 spiro atoms. The number of nitrogens with one attached hydrogen (secondary N) is 1. The molecule has 0 saturated carbocycles. The molecule has 4 N–H and O–H groups in total. The molecule has 0 radical (unpaired) electrons. The van der Waals surface area contributed by atoms with Crippen LogP contribution in [0, 0.1) is 5.92 Å². The van der Waals surface area contributed by atoms with Gasteiger partial charge < -0.3 is 16.3 Å². The number of carbonyl (C=O) groups is 1. The summed E-state index contributed by atoms with van der Waals surface area (Å²) >= 11 is 0. The lowest BCUT2D eigenvalue weighted by molar-refractivity contribution is -0.123. The predicted molar refractivity (Wildman–Crippen MR) is 69.1 cm³/mol. The second-order valence-electron chi connectivity index (χ2n) is 4.14. The van der Waals surface area contributed by atoms with E-state index in [4.69, 9.17) is 10.9 Å². The van der Waals surface area contributed by atoms with E-state index in [1.165, 1.54) is 0 Å². The van der Waals surface area contributed by atoms with Crippen LogP contribution in [0.1, 0.15) is 26.2 Å². The first-order valence-corrected chi connectivity index (χ1v) is 7.80. The molecule has 0 heterocycles. The first kappa shape index (κ1) is 16.7. The monoisotopic (exact) mass is 279 g/mol. The third-order valence-electron chi connectivity index (χ3n) is 2.36. The summed E-state index contributed by atoms with van der Waals surface area (Å²) in [5.74, 6) is -1.12. The molecule has 0 fully saturated rings. The van der Waals surface area contributed by atoms with Crippen molar-refractivity contribution in [2.75, 3.05) is 18.6 Å². The fourth-order valence-electron chi connectivity index (χ4n) is 1.44. The number of hydrogen-bond acceptors (Lipinski definition) is 5. The minimum Gasteiger partial charge on any atom is -0.409 e. The van der Waals surface area contributed by atoms with E-state index in [0.717, 1.165) is 12.7 Å². The quantitative estimate of drug-likeness (QED) is 0.185. The minimum atomic E-state index is -3.01. The van der Waals surface area contributed by atoms with E-state index < -0.39 is 15.8 Å². The number of carbonyl (C=O) groups excluding carboxylic acids is 1. The van der Waals surface area contributed by atoms with Crippen molar-refractivity contribution in [3.63, 3.8) is 0 Å². The SMILES string of the molecule is CCCC(C(=O)NCCCS(C)(=O)=O)C(N)=NO. The Labute approximate surface area is 107 Å². The first-order chi connectivity index (χ1) is 8.31. The van der Waals surface area contributed by atoms with Crippen LogP contribution in [0.5, 0.6) is 0 Å². The van der Waals surface area contributed by atoms with Gasteiger partial charge in [0.15, 0.2) is 5.84 Å². The van der Waals surface area contributed by atoms with E-state index in [9.17, 15) is 13.2 Å². The molecule has 7 nitrogen and oxygen atoms in total. The molecule has 0 aromatic rings. The highest BCUT2D eigenvalue weighted by atomic mass is 32.2. The molecule has 106 valence electrons. The molecular formula is C10H21N3O4S. The molecule has 0 aliphatic rings. The molecule has 0 aromatic heterocycles. The van der Waals surface area contributed by atoms with Crippen molar-refractivity contribution in [2.24, 2.45) is 16.8 Å². The van der Waals surface area contributed by atoms with Crippen LogP contribution in [0.3, 0.4) is 0 Å². The second kappa shape index (κ2) is 7.91. The van der Waals surface area contributed by atoms with Gasteiger partial charge in [-0.15, -0.1) is 0 Å². The molecule has 0 aromatic carbocycles. The normalized spacial score (nSPS) is 14.2. The summed E-state index contributed by atoms with van der Waals surface area (Å²) in [6, 6.07) is 0. The standard InChI is InChI=1S/C10H21N3O4S/c1-3-5-8(9(11)13-15)10(14)12-6-4-7-18(2,16)17/h8,15H,3-7H2,1-2H3,(H2,11,13)(H,12,14). The van der Waals surface area contributed by atoms with Crippen LogP contribution in [-0.4, -0.2) is 43.9 Å². The summed E-state index contributed by atoms with van der Waals surface area (Å²) < 4.78 is 21.8. The lowest BCUT2D eigenvalue weighted by atomic mass is 10.0. The van der Waals surface area contributed by atoms with E-state index in [1.807, 2.05) is 6.92 Å². The fourth-order valence-corrected chi connectivity index (χ4v) is 2.11.